The van der Waals surface area contributed by atoms with Crippen molar-refractivity contribution in [2.24, 2.45) is 0 Å². The van der Waals surface area contributed by atoms with Crippen LogP contribution in [0.4, 0.5) is 0 Å². The van der Waals surface area contributed by atoms with Crippen molar-refractivity contribution >= 4 is 12.0 Å². The number of aryl methyl sites for hydroxylation is 2. The number of benzene rings is 2. The van der Waals surface area contributed by atoms with Gasteiger partial charge in [0, 0.05) is 11.6 Å². The van der Waals surface area contributed by atoms with Crippen molar-refractivity contribution < 1.29 is 23.7 Å². The molecule has 0 unspecified atom stereocenters. The number of carbonyl (C=O) groups excluding carboxylic acids is 1. The topological polar surface area (TPSA) is 54.0 Å². The Bertz CT molecular complexity index is 760. The molecule has 0 bridgehead atoms. The van der Waals surface area contributed by atoms with Gasteiger partial charge in [0.05, 0.1) is 14.2 Å². The second-order valence-electron chi connectivity index (χ2n) is 5.78. The van der Waals surface area contributed by atoms with E-state index in [4.69, 9.17) is 18.9 Å². The number of carbonyl (C=O) groups is 1. The summed E-state index contributed by atoms with van der Waals surface area (Å²) < 4.78 is 21.2. The summed E-state index contributed by atoms with van der Waals surface area (Å²) in [5, 5.41) is 0. The molecule has 0 saturated heterocycles. The minimum absolute atomic E-state index is 0.172. The fraction of sp³-hybridized carbons (Fsp3) is 0.286. The van der Waals surface area contributed by atoms with E-state index >= 15 is 0 Å². The zero-order chi connectivity index (χ0) is 18.9. The second kappa shape index (κ2) is 9.51. The molecule has 0 aliphatic rings. The van der Waals surface area contributed by atoms with Crippen molar-refractivity contribution in [3.05, 3.63) is 59.2 Å². The smallest absolute Gasteiger partial charge is 0.330 e. The summed E-state index contributed by atoms with van der Waals surface area (Å²) in [5.41, 5.74) is 3.00. The Morgan fingerprint density at radius 3 is 2.31 bits per heavy atom. The van der Waals surface area contributed by atoms with Gasteiger partial charge in [-0.3, -0.25) is 0 Å². The van der Waals surface area contributed by atoms with E-state index in [1.54, 1.807) is 38.5 Å². The number of ether oxygens (including phenoxy) is 4. The van der Waals surface area contributed by atoms with Crippen LogP contribution >= 0.6 is 0 Å². The lowest BCUT2D eigenvalue weighted by atomic mass is 10.1. The maximum atomic E-state index is 11.9. The fourth-order valence-electron chi connectivity index (χ4n) is 2.49. The average Bonchev–Trinajstić information content (AvgIpc) is 2.62. The summed E-state index contributed by atoms with van der Waals surface area (Å²) in [6, 6.07) is 11.3. The first-order valence-corrected chi connectivity index (χ1v) is 8.30. The van der Waals surface area contributed by atoms with E-state index < -0.39 is 5.97 Å². The minimum atomic E-state index is -0.445. The van der Waals surface area contributed by atoms with E-state index in [1.165, 1.54) is 6.08 Å². The van der Waals surface area contributed by atoms with Crippen molar-refractivity contribution in [1.82, 2.24) is 0 Å². The predicted molar refractivity (Wildman–Crippen MR) is 101 cm³/mol. The summed E-state index contributed by atoms with van der Waals surface area (Å²) >= 11 is 0. The van der Waals surface area contributed by atoms with Gasteiger partial charge in [0.15, 0.2) is 0 Å². The van der Waals surface area contributed by atoms with Crippen LogP contribution in [0.1, 0.15) is 16.7 Å². The third-order valence-corrected chi connectivity index (χ3v) is 3.63. The van der Waals surface area contributed by atoms with Crippen LogP contribution in [0.25, 0.3) is 6.08 Å². The summed E-state index contributed by atoms with van der Waals surface area (Å²) in [6.45, 7) is 4.49. The molecule has 0 atom stereocenters. The lowest BCUT2D eigenvalue weighted by Gasteiger charge is -2.08. The van der Waals surface area contributed by atoms with Crippen molar-refractivity contribution in [3.63, 3.8) is 0 Å². The highest BCUT2D eigenvalue weighted by Crippen LogP contribution is 2.25. The summed E-state index contributed by atoms with van der Waals surface area (Å²) in [5.74, 6) is 1.66. The van der Waals surface area contributed by atoms with Gasteiger partial charge in [-0.05, 0) is 61.4 Å². The first-order valence-electron chi connectivity index (χ1n) is 8.30. The van der Waals surface area contributed by atoms with Crippen LogP contribution in [0.2, 0.25) is 0 Å². The predicted octanol–water partition coefficient (Wildman–Crippen LogP) is 3.96. The third-order valence-electron chi connectivity index (χ3n) is 3.63. The first-order chi connectivity index (χ1) is 12.5. The number of methoxy groups -OCH3 is 2. The highest BCUT2D eigenvalue weighted by Gasteiger charge is 2.04. The van der Waals surface area contributed by atoms with Gasteiger partial charge in [0.25, 0.3) is 0 Å². The van der Waals surface area contributed by atoms with E-state index in [1.807, 2.05) is 26.0 Å². The second-order valence-corrected chi connectivity index (χ2v) is 5.78. The van der Waals surface area contributed by atoms with Gasteiger partial charge in [-0.15, -0.1) is 0 Å². The summed E-state index contributed by atoms with van der Waals surface area (Å²) in [7, 11) is 3.15. The van der Waals surface area contributed by atoms with E-state index in [9.17, 15) is 4.79 Å². The minimum Gasteiger partial charge on any atom is -0.497 e. The van der Waals surface area contributed by atoms with Gasteiger partial charge in [0.1, 0.15) is 30.5 Å². The van der Waals surface area contributed by atoms with E-state index in [0.29, 0.717) is 18.1 Å². The Morgan fingerprint density at radius 2 is 1.65 bits per heavy atom. The monoisotopic (exact) mass is 356 g/mol. The zero-order valence-electron chi connectivity index (χ0n) is 15.6. The molecule has 0 aromatic heterocycles. The third kappa shape index (κ3) is 5.84. The Kier molecular flexibility index (Phi) is 7.09. The molecule has 2 aromatic carbocycles. The highest BCUT2D eigenvalue weighted by atomic mass is 16.6. The highest BCUT2D eigenvalue weighted by molar-refractivity contribution is 5.87. The average molecular weight is 356 g/mol. The first kappa shape index (κ1) is 19.4. The number of hydrogen-bond acceptors (Lipinski definition) is 5. The van der Waals surface area contributed by atoms with Crippen LogP contribution in [0.5, 0.6) is 17.2 Å². The van der Waals surface area contributed by atoms with Gasteiger partial charge in [-0.25, -0.2) is 4.79 Å². The SMILES string of the molecule is COc1ccc(OC)c(/C=C/C(=O)OCCOc2cc(C)cc(C)c2)c1. The maximum absolute atomic E-state index is 11.9. The number of rotatable bonds is 8. The molecular weight excluding hydrogens is 332 g/mol. The molecule has 0 fully saturated rings. The molecule has 138 valence electrons. The Morgan fingerprint density at radius 1 is 0.923 bits per heavy atom. The number of esters is 1. The molecule has 0 aliphatic carbocycles. The van der Waals surface area contributed by atoms with Crippen molar-refractivity contribution in [2.75, 3.05) is 27.4 Å². The molecule has 2 rings (SSSR count). The summed E-state index contributed by atoms with van der Waals surface area (Å²) in [6.07, 6.45) is 2.99. The molecule has 26 heavy (non-hydrogen) atoms. The molecule has 0 spiro atoms. The lowest BCUT2D eigenvalue weighted by molar-refractivity contribution is -0.138. The van der Waals surface area contributed by atoms with Crippen molar-refractivity contribution in [3.8, 4) is 17.2 Å². The van der Waals surface area contributed by atoms with Crippen molar-refractivity contribution in [1.29, 1.82) is 0 Å². The standard InChI is InChI=1S/C21H24O5/c1-15-11-16(2)13-19(12-15)25-9-10-26-21(22)8-5-17-14-18(23-3)6-7-20(17)24-4/h5-8,11-14H,9-10H2,1-4H3/b8-5+. The lowest BCUT2D eigenvalue weighted by Crippen LogP contribution is -2.10. The van der Waals surface area contributed by atoms with E-state index in [0.717, 1.165) is 22.4 Å². The van der Waals surface area contributed by atoms with Gasteiger partial charge in [-0.1, -0.05) is 6.07 Å². The summed E-state index contributed by atoms with van der Waals surface area (Å²) in [4.78, 5) is 11.9. The molecule has 0 amide bonds. The van der Waals surface area contributed by atoms with Crippen molar-refractivity contribution in [2.45, 2.75) is 13.8 Å². The zero-order valence-corrected chi connectivity index (χ0v) is 15.6. The molecule has 5 heteroatoms. The number of hydrogen-bond donors (Lipinski definition) is 0. The fourth-order valence-corrected chi connectivity index (χ4v) is 2.49. The van der Waals surface area contributed by atoms with Crippen LogP contribution in [0.15, 0.2) is 42.5 Å². The largest absolute Gasteiger partial charge is 0.497 e. The van der Waals surface area contributed by atoms with Gasteiger partial charge in [-0.2, -0.15) is 0 Å². The van der Waals surface area contributed by atoms with Crippen LogP contribution in [-0.2, 0) is 9.53 Å². The van der Waals surface area contributed by atoms with Crippen LogP contribution in [0.3, 0.4) is 0 Å². The Labute approximate surface area is 154 Å². The molecular formula is C21H24O5. The maximum Gasteiger partial charge on any atom is 0.330 e. The van der Waals surface area contributed by atoms with E-state index in [-0.39, 0.29) is 6.61 Å². The normalized spacial score (nSPS) is 10.6. The molecule has 0 heterocycles. The molecule has 2 aromatic rings. The molecule has 0 N–H and O–H groups in total. The van der Waals surface area contributed by atoms with Crippen LogP contribution < -0.4 is 14.2 Å². The molecule has 0 radical (unpaired) electrons. The van der Waals surface area contributed by atoms with Gasteiger partial charge < -0.3 is 18.9 Å². The Hall–Kier alpha value is -2.95. The van der Waals surface area contributed by atoms with Crippen LogP contribution in [0, 0.1) is 13.8 Å². The van der Waals surface area contributed by atoms with Gasteiger partial charge in [0.2, 0.25) is 0 Å². The van der Waals surface area contributed by atoms with E-state index in [2.05, 4.69) is 6.07 Å². The molecule has 5 nitrogen and oxygen atoms in total. The van der Waals surface area contributed by atoms with Gasteiger partial charge >= 0.3 is 5.97 Å². The molecule has 0 aliphatic heterocycles. The Balaban J connectivity index is 1.84. The quantitative estimate of drug-likeness (QED) is 0.407. The van der Waals surface area contributed by atoms with Crippen LogP contribution in [-0.4, -0.2) is 33.4 Å². The molecule has 0 saturated carbocycles.